The lowest BCUT2D eigenvalue weighted by atomic mass is 9.89. The van der Waals surface area contributed by atoms with Crippen LogP contribution in [0.3, 0.4) is 0 Å². The Bertz CT molecular complexity index is 750. The lowest BCUT2D eigenvalue weighted by Crippen LogP contribution is -2.45. The van der Waals surface area contributed by atoms with E-state index in [2.05, 4.69) is 40.5 Å². The second-order valence-corrected chi connectivity index (χ2v) is 7.91. The zero-order valence-corrected chi connectivity index (χ0v) is 15.6. The van der Waals surface area contributed by atoms with Crippen LogP contribution in [0.4, 0.5) is 4.39 Å². The summed E-state index contributed by atoms with van der Waals surface area (Å²) in [5, 5.41) is 3.14. The van der Waals surface area contributed by atoms with Crippen LogP contribution < -0.4 is 5.32 Å². The molecular weight excluding hydrogens is 339 g/mol. The third-order valence-corrected chi connectivity index (χ3v) is 5.74. The Morgan fingerprint density at radius 2 is 1.67 bits per heavy atom. The molecule has 2 aliphatic rings. The third kappa shape index (κ3) is 4.75. The van der Waals surface area contributed by atoms with Gasteiger partial charge in [-0.3, -0.25) is 9.69 Å². The quantitative estimate of drug-likeness (QED) is 0.835. The molecule has 0 bridgehead atoms. The SMILES string of the molecule is O=C(NC1CC1)C(c1ccc(F)cc1)N1CCC(Cc2ccccc2)CC1. The van der Waals surface area contributed by atoms with Crippen LogP contribution in [0.1, 0.15) is 42.9 Å². The minimum Gasteiger partial charge on any atom is -0.352 e. The molecule has 1 unspecified atom stereocenters. The van der Waals surface area contributed by atoms with E-state index in [1.807, 2.05) is 0 Å². The molecule has 3 nitrogen and oxygen atoms in total. The predicted octanol–water partition coefficient (Wildman–Crippen LogP) is 4.10. The summed E-state index contributed by atoms with van der Waals surface area (Å²) in [5.41, 5.74) is 2.27. The number of nitrogens with zero attached hydrogens (tertiary/aromatic N) is 1. The largest absolute Gasteiger partial charge is 0.352 e. The highest BCUT2D eigenvalue weighted by atomic mass is 19.1. The number of benzene rings is 2. The summed E-state index contributed by atoms with van der Waals surface area (Å²) in [6, 6.07) is 17.1. The molecular formula is C23H27FN2O. The number of likely N-dealkylation sites (tertiary alicyclic amines) is 1. The lowest BCUT2D eigenvalue weighted by molar-refractivity contribution is -0.127. The first kappa shape index (κ1) is 18.2. The van der Waals surface area contributed by atoms with Crippen molar-refractivity contribution in [1.82, 2.24) is 10.2 Å². The van der Waals surface area contributed by atoms with Crippen LogP contribution in [0.5, 0.6) is 0 Å². The second kappa shape index (κ2) is 8.22. The molecule has 4 heteroatoms. The van der Waals surface area contributed by atoms with Gasteiger partial charge in [-0.05, 0) is 74.4 Å². The van der Waals surface area contributed by atoms with Crippen molar-refractivity contribution in [2.75, 3.05) is 13.1 Å². The molecule has 2 aromatic rings. The fraction of sp³-hybridized carbons (Fsp3) is 0.435. The number of hydrogen-bond acceptors (Lipinski definition) is 2. The van der Waals surface area contributed by atoms with Gasteiger partial charge in [0.05, 0.1) is 0 Å². The molecule has 1 atom stereocenters. The van der Waals surface area contributed by atoms with Gasteiger partial charge in [-0.25, -0.2) is 4.39 Å². The number of rotatable bonds is 6. The summed E-state index contributed by atoms with van der Waals surface area (Å²) < 4.78 is 13.4. The van der Waals surface area contributed by atoms with Crippen LogP contribution in [0.25, 0.3) is 0 Å². The molecule has 1 amide bonds. The van der Waals surface area contributed by atoms with Crippen LogP contribution in [-0.4, -0.2) is 29.9 Å². The van der Waals surface area contributed by atoms with E-state index in [9.17, 15) is 9.18 Å². The molecule has 1 aliphatic carbocycles. The normalized spacial score (nSPS) is 19.6. The maximum absolute atomic E-state index is 13.4. The average Bonchev–Trinajstić information content (AvgIpc) is 3.50. The first-order valence-electron chi connectivity index (χ1n) is 10.0. The summed E-state index contributed by atoms with van der Waals surface area (Å²) in [6.07, 6.45) is 5.42. The molecule has 2 aromatic carbocycles. The highest BCUT2D eigenvalue weighted by Crippen LogP contribution is 2.30. The molecule has 142 valence electrons. The summed E-state index contributed by atoms with van der Waals surface area (Å²) in [6.45, 7) is 1.80. The van der Waals surface area contributed by atoms with Crippen LogP contribution in [0.2, 0.25) is 0 Å². The van der Waals surface area contributed by atoms with Crippen molar-refractivity contribution in [1.29, 1.82) is 0 Å². The summed E-state index contributed by atoms with van der Waals surface area (Å²) in [7, 11) is 0. The van der Waals surface area contributed by atoms with Gasteiger partial charge in [-0.15, -0.1) is 0 Å². The summed E-state index contributed by atoms with van der Waals surface area (Å²) in [5.74, 6) is 0.455. The Morgan fingerprint density at radius 1 is 1.00 bits per heavy atom. The van der Waals surface area contributed by atoms with Crippen molar-refractivity contribution < 1.29 is 9.18 Å². The van der Waals surface area contributed by atoms with E-state index in [1.54, 1.807) is 12.1 Å². The van der Waals surface area contributed by atoms with Gasteiger partial charge >= 0.3 is 0 Å². The van der Waals surface area contributed by atoms with Crippen LogP contribution in [0.15, 0.2) is 54.6 Å². The Balaban J connectivity index is 1.43. The third-order valence-electron chi connectivity index (χ3n) is 5.74. The molecule has 1 heterocycles. The maximum atomic E-state index is 13.4. The summed E-state index contributed by atoms with van der Waals surface area (Å²) >= 11 is 0. The van der Waals surface area contributed by atoms with Gasteiger partial charge < -0.3 is 5.32 Å². The second-order valence-electron chi connectivity index (χ2n) is 7.91. The van der Waals surface area contributed by atoms with Gasteiger partial charge in [0.15, 0.2) is 0 Å². The van der Waals surface area contributed by atoms with Gasteiger partial charge in [0.2, 0.25) is 5.91 Å². The first-order valence-corrected chi connectivity index (χ1v) is 10.0. The molecule has 1 saturated carbocycles. The van der Waals surface area contributed by atoms with Crippen LogP contribution >= 0.6 is 0 Å². The molecule has 0 radical (unpaired) electrons. The molecule has 0 aromatic heterocycles. The first-order chi connectivity index (χ1) is 13.2. The molecule has 1 saturated heterocycles. The molecule has 1 N–H and O–H groups in total. The van der Waals surface area contributed by atoms with E-state index in [0.29, 0.717) is 12.0 Å². The van der Waals surface area contributed by atoms with Crippen molar-refractivity contribution in [3.63, 3.8) is 0 Å². The average molecular weight is 366 g/mol. The van der Waals surface area contributed by atoms with E-state index < -0.39 is 0 Å². The van der Waals surface area contributed by atoms with E-state index in [4.69, 9.17) is 0 Å². The monoisotopic (exact) mass is 366 g/mol. The maximum Gasteiger partial charge on any atom is 0.242 e. The molecule has 4 rings (SSSR count). The summed E-state index contributed by atoms with van der Waals surface area (Å²) in [4.78, 5) is 15.2. The fourth-order valence-corrected chi connectivity index (χ4v) is 4.04. The minimum atomic E-state index is -0.316. The number of carbonyl (C=O) groups is 1. The molecule has 1 aliphatic heterocycles. The number of piperidine rings is 1. The fourth-order valence-electron chi connectivity index (χ4n) is 4.04. The molecule has 0 spiro atoms. The topological polar surface area (TPSA) is 32.3 Å². The van der Waals surface area contributed by atoms with Crippen molar-refractivity contribution in [2.24, 2.45) is 5.92 Å². The van der Waals surface area contributed by atoms with Crippen molar-refractivity contribution >= 4 is 5.91 Å². The smallest absolute Gasteiger partial charge is 0.242 e. The Morgan fingerprint density at radius 3 is 2.30 bits per heavy atom. The molecule has 2 fully saturated rings. The highest BCUT2D eigenvalue weighted by Gasteiger charge is 2.34. The zero-order valence-electron chi connectivity index (χ0n) is 15.6. The van der Waals surface area contributed by atoms with E-state index in [-0.39, 0.29) is 17.8 Å². The number of nitrogens with one attached hydrogen (secondary N) is 1. The zero-order chi connectivity index (χ0) is 18.6. The standard InChI is InChI=1S/C23H27FN2O/c24-20-8-6-19(7-9-20)22(23(27)25-21-10-11-21)26-14-12-18(13-15-26)16-17-4-2-1-3-5-17/h1-9,18,21-22H,10-16H2,(H,25,27). The van der Waals surface area contributed by atoms with Crippen LogP contribution in [-0.2, 0) is 11.2 Å². The van der Waals surface area contributed by atoms with Crippen molar-refractivity contribution in [3.05, 3.63) is 71.5 Å². The Kier molecular flexibility index (Phi) is 5.53. The van der Waals surface area contributed by atoms with Gasteiger partial charge in [-0.1, -0.05) is 42.5 Å². The van der Waals surface area contributed by atoms with Gasteiger partial charge in [0.1, 0.15) is 11.9 Å². The van der Waals surface area contributed by atoms with Crippen molar-refractivity contribution in [3.8, 4) is 0 Å². The number of carbonyl (C=O) groups excluding carboxylic acids is 1. The van der Waals surface area contributed by atoms with Crippen molar-refractivity contribution in [2.45, 2.75) is 44.2 Å². The predicted molar refractivity (Wildman–Crippen MR) is 105 cm³/mol. The number of hydrogen-bond donors (Lipinski definition) is 1. The van der Waals surface area contributed by atoms with E-state index in [1.165, 1.54) is 17.7 Å². The van der Waals surface area contributed by atoms with E-state index >= 15 is 0 Å². The van der Waals surface area contributed by atoms with E-state index in [0.717, 1.165) is 50.8 Å². The minimum absolute atomic E-state index is 0.0608. The number of amides is 1. The number of halogens is 1. The van der Waals surface area contributed by atoms with Crippen LogP contribution in [0, 0.1) is 11.7 Å². The van der Waals surface area contributed by atoms with Gasteiger partial charge in [0, 0.05) is 6.04 Å². The Hall–Kier alpha value is -2.20. The van der Waals surface area contributed by atoms with Gasteiger partial charge in [0.25, 0.3) is 0 Å². The Labute approximate surface area is 160 Å². The molecule has 27 heavy (non-hydrogen) atoms. The highest BCUT2D eigenvalue weighted by molar-refractivity contribution is 5.83. The lowest BCUT2D eigenvalue weighted by Gasteiger charge is -2.37. The van der Waals surface area contributed by atoms with Gasteiger partial charge in [-0.2, -0.15) is 0 Å².